The zero-order valence-corrected chi connectivity index (χ0v) is 12.1. The van der Waals surface area contributed by atoms with Crippen LogP contribution >= 0.6 is 0 Å². The van der Waals surface area contributed by atoms with Crippen LogP contribution in [0.5, 0.6) is 0 Å². The van der Waals surface area contributed by atoms with Crippen molar-refractivity contribution in [3.05, 3.63) is 30.1 Å². The number of hydrogen-bond acceptors (Lipinski definition) is 3. The van der Waals surface area contributed by atoms with Gasteiger partial charge in [-0.2, -0.15) is 17.4 Å². The first kappa shape index (κ1) is 14.4. The number of aromatic nitrogens is 1. The molecule has 1 fully saturated rings. The minimum absolute atomic E-state index is 0.134. The van der Waals surface area contributed by atoms with Crippen LogP contribution in [0.4, 0.5) is 0 Å². The second-order valence-corrected chi connectivity index (χ2v) is 6.77. The number of nitrogens with one attached hydrogen (secondary N) is 1. The standard InChI is InChI=1S/C13H21N3O2S/c1-16(13-8-3-2-4-9-13)19(17,18)15-11-12-7-5-6-10-14-12/h5-7,10,13,15H,2-4,8-9,11H2,1H3. The molecule has 0 aliphatic heterocycles. The molecule has 0 aromatic carbocycles. The Kier molecular flexibility index (Phi) is 4.90. The molecule has 19 heavy (non-hydrogen) atoms. The molecule has 0 radical (unpaired) electrons. The van der Waals surface area contributed by atoms with Crippen LogP contribution in [0.3, 0.4) is 0 Å². The third kappa shape index (κ3) is 3.99. The van der Waals surface area contributed by atoms with Gasteiger partial charge in [0.25, 0.3) is 10.2 Å². The van der Waals surface area contributed by atoms with Gasteiger partial charge in [-0.05, 0) is 25.0 Å². The Bertz CT molecular complexity index is 484. The molecule has 1 heterocycles. The number of pyridine rings is 1. The molecule has 5 nitrogen and oxygen atoms in total. The van der Waals surface area contributed by atoms with E-state index in [4.69, 9.17) is 0 Å². The summed E-state index contributed by atoms with van der Waals surface area (Å²) in [6.45, 7) is 0.236. The van der Waals surface area contributed by atoms with Crippen molar-refractivity contribution < 1.29 is 8.42 Å². The summed E-state index contributed by atoms with van der Waals surface area (Å²) in [6, 6.07) is 5.60. The van der Waals surface area contributed by atoms with Crippen molar-refractivity contribution >= 4 is 10.2 Å². The maximum atomic E-state index is 12.2. The first-order chi connectivity index (χ1) is 9.09. The summed E-state index contributed by atoms with van der Waals surface area (Å²) in [5.41, 5.74) is 0.725. The highest BCUT2D eigenvalue weighted by Crippen LogP contribution is 2.22. The molecule has 1 aromatic rings. The Balaban J connectivity index is 1.93. The summed E-state index contributed by atoms with van der Waals surface area (Å²) in [4.78, 5) is 4.11. The number of nitrogens with zero attached hydrogens (tertiary/aromatic N) is 2. The van der Waals surface area contributed by atoms with Gasteiger partial charge in [-0.15, -0.1) is 0 Å². The second-order valence-electron chi connectivity index (χ2n) is 4.96. The highest BCUT2D eigenvalue weighted by molar-refractivity contribution is 7.87. The zero-order chi connectivity index (χ0) is 13.7. The van der Waals surface area contributed by atoms with E-state index in [2.05, 4.69) is 9.71 Å². The molecule has 0 spiro atoms. The molecule has 1 aliphatic carbocycles. The van der Waals surface area contributed by atoms with Crippen LogP contribution in [0.1, 0.15) is 37.8 Å². The van der Waals surface area contributed by atoms with Crippen molar-refractivity contribution in [3.8, 4) is 0 Å². The third-order valence-corrected chi connectivity index (χ3v) is 5.20. The van der Waals surface area contributed by atoms with E-state index in [9.17, 15) is 8.42 Å². The minimum atomic E-state index is -3.41. The van der Waals surface area contributed by atoms with E-state index in [1.54, 1.807) is 13.2 Å². The highest BCUT2D eigenvalue weighted by atomic mass is 32.2. The first-order valence-corrected chi connectivity index (χ1v) is 8.16. The van der Waals surface area contributed by atoms with Crippen LogP contribution in [-0.4, -0.2) is 30.8 Å². The Morgan fingerprint density at radius 3 is 2.68 bits per heavy atom. The lowest BCUT2D eigenvalue weighted by molar-refractivity contribution is 0.283. The fourth-order valence-corrected chi connectivity index (χ4v) is 3.55. The summed E-state index contributed by atoms with van der Waals surface area (Å²) in [6.07, 6.45) is 7.03. The van der Waals surface area contributed by atoms with Crippen LogP contribution in [-0.2, 0) is 16.8 Å². The summed E-state index contributed by atoms with van der Waals surface area (Å²) >= 11 is 0. The van der Waals surface area contributed by atoms with Gasteiger partial charge in [-0.3, -0.25) is 4.98 Å². The van der Waals surface area contributed by atoms with Gasteiger partial charge in [0.05, 0.1) is 12.2 Å². The van der Waals surface area contributed by atoms with E-state index in [1.165, 1.54) is 10.7 Å². The van der Waals surface area contributed by atoms with Crippen LogP contribution in [0.25, 0.3) is 0 Å². The maximum absolute atomic E-state index is 12.2. The smallest absolute Gasteiger partial charge is 0.260 e. The van der Waals surface area contributed by atoms with Crippen molar-refractivity contribution in [1.29, 1.82) is 0 Å². The average molecular weight is 283 g/mol. The molecule has 0 amide bonds. The minimum Gasteiger partial charge on any atom is -0.260 e. The normalized spacial score (nSPS) is 17.8. The molecular weight excluding hydrogens is 262 g/mol. The molecule has 2 rings (SSSR count). The topological polar surface area (TPSA) is 62.3 Å². The van der Waals surface area contributed by atoms with Gasteiger partial charge in [-0.25, -0.2) is 0 Å². The second kappa shape index (κ2) is 6.45. The molecule has 1 aliphatic rings. The van der Waals surface area contributed by atoms with E-state index < -0.39 is 10.2 Å². The Labute approximate surface area is 115 Å². The molecule has 1 aromatic heterocycles. The highest BCUT2D eigenvalue weighted by Gasteiger charge is 2.27. The van der Waals surface area contributed by atoms with Gasteiger partial charge in [0, 0.05) is 19.3 Å². The average Bonchev–Trinajstić information content (AvgIpc) is 2.46. The summed E-state index contributed by atoms with van der Waals surface area (Å²) in [5, 5.41) is 0. The van der Waals surface area contributed by atoms with E-state index in [0.717, 1.165) is 31.4 Å². The predicted molar refractivity (Wildman–Crippen MR) is 74.6 cm³/mol. The SMILES string of the molecule is CN(C1CCCCC1)S(=O)(=O)NCc1ccccn1. The van der Waals surface area contributed by atoms with Gasteiger partial charge in [0.2, 0.25) is 0 Å². The van der Waals surface area contributed by atoms with E-state index in [0.29, 0.717) is 0 Å². The lowest BCUT2D eigenvalue weighted by Gasteiger charge is -2.30. The zero-order valence-electron chi connectivity index (χ0n) is 11.2. The largest absolute Gasteiger partial charge is 0.279 e. The Morgan fingerprint density at radius 2 is 2.05 bits per heavy atom. The molecule has 1 saturated carbocycles. The van der Waals surface area contributed by atoms with Gasteiger partial charge >= 0.3 is 0 Å². The predicted octanol–water partition coefficient (Wildman–Crippen LogP) is 1.68. The summed E-state index contributed by atoms with van der Waals surface area (Å²) < 4.78 is 28.5. The van der Waals surface area contributed by atoms with Crippen LogP contribution in [0, 0.1) is 0 Å². The van der Waals surface area contributed by atoms with E-state index in [-0.39, 0.29) is 12.6 Å². The van der Waals surface area contributed by atoms with Crippen LogP contribution < -0.4 is 4.72 Å². The Morgan fingerprint density at radius 1 is 1.32 bits per heavy atom. The maximum Gasteiger partial charge on any atom is 0.279 e. The van der Waals surface area contributed by atoms with Gasteiger partial charge < -0.3 is 0 Å². The molecule has 106 valence electrons. The van der Waals surface area contributed by atoms with E-state index >= 15 is 0 Å². The van der Waals surface area contributed by atoms with Gasteiger partial charge in [-0.1, -0.05) is 25.3 Å². The molecule has 0 unspecified atom stereocenters. The first-order valence-electron chi connectivity index (χ1n) is 6.72. The van der Waals surface area contributed by atoms with Gasteiger partial charge in [0.15, 0.2) is 0 Å². The molecule has 0 bridgehead atoms. The van der Waals surface area contributed by atoms with Crippen LogP contribution in [0.15, 0.2) is 24.4 Å². The lowest BCUT2D eigenvalue weighted by atomic mass is 9.96. The van der Waals surface area contributed by atoms with Crippen molar-refractivity contribution in [1.82, 2.24) is 14.0 Å². The van der Waals surface area contributed by atoms with E-state index in [1.807, 2.05) is 18.2 Å². The molecule has 0 saturated heterocycles. The fraction of sp³-hybridized carbons (Fsp3) is 0.615. The summed E-state index contributed by atoms with van der Waals surface area (Å²) in [5.74, 6) is 0. The quantitative estimate of drug-likeness (QED) is 0.894. The molecular formula is C13H21N3O2S. The molecule has 6 heteroatoms. The van der Waals surface area contributed by atoms with Crippen molar-refractivity contribution in [3.63, 3.8) is 0 Å². The molecule has 1 N–H and O–H groups in total. The number of rotatable bonds is 5. The molecule has 0 atom stereocenters. The summed E-state index contributed by atoms with van der Waals surface area (Å²) in [7, 11) is -1.75. The third-order valence-electron chi connectivity index (χ3n) is 3.63. The monoisotopic (exact) mass is 283 g/mol. The van der Waals surface area contributed by atoms with Crippen LogP contribution in [0.2, 0.25) is 0 Å². The fourth-order valence-electron chi connectivity index (χ4n) is 2.41. The van der Waals surface area contributed by atoms with Crippen molar-refractivity contribution in [2.45, 2.75) is 44.7 Å². The number of hydrogen-bond donors (Lipinski definition) is 1. The van der Waals surface area contributed by atoms with Crippen molar-refractivity contribution in [2.24, 2.45) is 0 Å². The van der Waals surface area contributed by atoms with Crippen molar-refractivity contribution in [2.75, 3.05) is 7.05 Å². The Hall–Kier alpha value is -0.980. The lowest BCUT2D eigenvalue weighted by Crippen LogP contribution is -2.44. The van der Waals surface area contributed by atoms with Gasteiger partial charge in [0.1, 0.15) is 0 Å².